The summed E-state index contributed by atoms with van der Waals surface area (Å²) < 4.78 is 0. The quantitative estimate of drug-likeness (QED) is 0.789. The van der Waals surface area contributed by atoms with Crippen molar-refractivity contribution in [1.82, 2.24) is 14.9 Å². The number of fused-ring (bicyclic) bond motifs is 2. The Labute approximate surface area is 151 Å². The van der Waals surface area contributed by atoms with Gasteiger partial charge in [0.05, 0.1) is 10.9 Å². The summed E-state index contributed by atoms with van der Waals surface area (Å²) in [5.74, 6) is 0.813. The smallest absolute Gasteiger partial charge is 0.258 e. The molecule has 0 radical (unpaired) electrons. The number of para-hydroxylation sites is 1. The van der Waals surface area contributed by atoms with Gasteiger partial charge in [-0.25, -0.2) is 4.98 Å². The van der Waals surface area contributed by atoms with E-state index in [1.54, 1.807) is 6.07 Å². The molecule has 0 bridgehead atoms. The van der Waals surface area contributed by atoms with Crippen LogP contribution >= 0.6 is 0 Å². The molecular formula is C21H21N3O2. The molecule has 132 valence electrons. The molecule has 3 aromatic rings. The Bertz CT molecular complexity index is 1010. The predicted molar refractivity (Wildman–Crippen MR) is 101 cm³/mol. The van der Waals surface area contributed by atoms with Crippen molar-refractivity contribution in [2.75, 3.05) is 6.54 Å². The number of H-pyrrole nitrogens is 1. The van der Waals surface area contributed by atoms with E-state index in [2.05, 4.69) is 22.1 Å². The molecule has 1 aliphatic heterocycles. The first-order valence-electron chi connectivity index (χ1n) is 9.03. The maximum Gasteiger partial charge on any atom is 0.258 e. The lowest BCUT2D eigenvalue weighted by Crippen LogP contribution is -2.35. The van der Waals surface area contributed by atoms with Gasteiger partial charge in [-0.05, 0) is 36.1 Å². The standard InChI is InChI=1S/C21H21N3O2/c25-20(24-13-12-15-6-1-2-7-16(15)14-24)11-5-10-19-22-18-9-4-3-8-17(18)21(26)23-19/h1-4,6-9H,5,10-14H2,(H,22,23,26). The molecule has 1 amide bonds. The highest BCUT2D eigenvalue weighted by atomic mass is 16.2. The third-order valence-electron chi connectivity index (χ3n) is 4.95. The lowest BCUT2D eigenvalue weighted by atomic mass is 9.99. The van der Waals surface area contributed by atoms with Crippen LogP contribution in [0.5, 0.6) is 0 Å². The summed E-state index contributed by atoms with van der Waals surface area (Å²) in [6.07, 6.45) is 2.66. The molecule has 0 saturated carbocycles. The number of aryl methyl sites for hydroxylation is 1. The van der Waals surface area contributed by atoms with Crippen LogP contribution in [-0.4, -0.2) is 27.3 Å². The van der Waals surface area contributed by atoms with Crippen LogP contribution in [0.4, 0.5) is 0 Å². The molecule has 0 fully saturated rings. The Hall–Kier alpha value is -2.95. The molecule has 0 spiro atoms. The largest absolute Gasteiger partial charge is 0.338 e. The predicted octanol–water partition coefficient (Wildman–Crippen LogP) is 2.83. The van der Waals surface area contributed by atoms with Crippen molar-refractivity contribution in [3.63, 3.8) is 0 Å². The van der Waals surface area contributed by atoms with E-state index < -0.39 is 0 Å². The number of amides is 1. The average molecular weight is 347 g/mol. The van der Waals surface area contributed by atoms with E-state index in [-0.39, 0.29) is 11.5 Å². The summed E-state index contributed by atoms with van der Waals surface area (Å²) in [6.45, 7) is 1.47. The van der Waals surface area contributed by atoms with Gasteiger partial charge in [0, 0.05) is 25.9 Å². The fraction of sp³-hybridized carbons (Fsp3) is 0.286. The molecular weight excluding hydrogens is 326 g/mol. The van der Waals surface area contributed by atoms with Crippen LogP contribution in [-0.2, 0) is 24.2 Å². The van der Waals surface area contributed by atoms with Crippen molar-refractivity contribution < 1.29 is 4.79 Å². The van der Waals surface area contributed by atoms with Crippen molar-refractivity contribution in [1.29, 1.82) is 0 Å². The number of rotatable bonds is 4. The van der Waals surface area contributed by atoms with E-state index in [1.807, 2.05) is 35.2 Å². The van der Waals surface area contributed by atoms with Gasteiger partial charge >= 0.3 is 0 Å². The second-order valence-corrected chi connectivity index (χ2v) is 6.72. The summed E-state index contributed by atoms with van der Waals surface area (Å²) in [5.41, 5.74) is 3.16. The minimum absolute atomic E-state index is 0.121. The Balaban J connectivity index is 1.36. The van der Waals surface area contributed by atoms with Crippen LogP contribution in [0.3, 0.4) is 0 Å². The van der Waals surface area contributed by atoms with Gasteiger partial charge in [-0.2, -0.15) is 0 Å². The minimum Gasteiger partial charge on any atom is -0.338 e. The van der Waals surface area contributed by atoms with E-state index in [0.29, 0.717) is 42.5 Å². The highest BCUT2D eigenvalue weighted by molar-refractivity contribution is 5.77. The molecule has 2 heterocycles. The van der Waals surface area contributed by atoms with Crippen molar-refractivity contribution in [3.8, 4) is 0 Å². The maximum absolute atomic E-state index is 12.5. The molecule has 5 heteroatoms. The zero-order valence-corrected chi connectivity index (χ0v) is 14.6. The summed E-state index contributed by atoms with van der Waals surface area (Å²) in [4.78, 5) is 33.9. The fourth-order valence-electron chi connectivity index (χ4n) is 3.53. The molecule has 1 aromatic heterocycles. The third-order valence-corrected chi connectivity index (χ3v) is 4.95. The zero-order valence-electron chi connectivity index (χ0n) is 14.6. The van der Waals surface area contributed by atoms with Crippen LogP contribution < -0.4 is 5.56 Å². The first kappa shape index (κ1) is 16.5. The molecule has 4 rings (SSSR count). The van der Waals surface area contributed by atoms with Gasteiger partial charge in [-0.3, -0.25) is 9.59 Å². The number of carbonyl (C=O) groups excluding carboxylic acids is 1. The lowest BCUT2D eigenvalue weighted by Gasteiger charge is -2.29. The van der Waals surface area contributed by atoms with E-state index in [1.165, 1.54) is 11.1 Å². The molecule has 0 aliphatic carbocycles. The second-order valence-electron chi connectivity index (χ2n) is 6.72. The number of aromatic nitrogens is 2. The summed E-state index contributed by atoms with van der Waals surface area (Å²) in [6, 6.07) is 15.6. The van der Waals surface area contributed by atoms with Gasteiger partial charge in [0.2, 0.25) is 5.91 Å². The highest BCUT2D eigenvalue weighted by Gasteiger charge is 2.19. The number of hydrogen-bond acceptors (Lipinski definition) is 3. The van der Waals surface area contributed by atoms with Gasteiger partial charge in [0.1, 0.15) is 5.82 Å². The zero-order chi connectivity index (χ0) is 17.9. The number of nitrogens with zero attached hydrogens (tertiary/aromatic N) is 2. The third kappa shape index (κ3) is 3.38. The summed E-state index contributed by atoms with van der Waals surface area (Å²) >= 11 is 0. The Morgan fingerprint density at radius 2 is 1.85 bits per heavy atom. The molecule has 26 heavy (non-hydrogen) atoms. The molecule has 0 saturated heterocycles. The van der Waals surface area contributed by atoms with E-state index in [9.17, 15) is 9.59 Å². The summed E-state index contributed by atoms with van der Waals surface area (Å²) in [5, 5.41) is 0.597. The van der Waals surface area contributed by atoms with E-state index in [4.69, 9.17) is 0 Å². The highest BCUT2D eigenvalue weighted by Crippen LogP contribution is 2.19. The lowest BCUT2D eigenvalue weighted by molar-refractivity contribution is -0.132. The SMILES string of the molecule is O=C(CCCc1nc2ccccc2c(=O)[nH]1)N1CCc2ccccc2C1. The Morgan fingerprint density at radius 3 is 2.73 bits per heavy atom. The minimum atomic E-state index is -0.121. The van der Waals surface area contributed by atoms with Crippen molar-refractivity contribution in [2.45, 2.75) is 32.2 Å². The first-order valence-corrected chi connectivity index (χ1v) is 9.03. The normalized spacial score (nSPS) is 13.6. The van der Waals surface area contributed by atoms with Crippen LogP contribution in [0.1, 0.15) is 29.8 Å². The average Bonchev–Trinajstić information content (AvgIpc) is 2.67. The van der Waals surface area contributed by atoms with Crippen LogP contribution in [0, 0.1) is 0 Å². The first-order chi connectivity index (χ1) is 12.7. The van der Waals surface area contributed by atoms with E-state index >= 15 is 0 Å². The monoisotopic (exact) mass is 347 g/mol. The molecule has 0 atom stereocenters. The number of nitrogens with one attached hydrogen (secondary N) is 1. The molecule has 1 N–H and O–H groups in total. The fourth-order valence-corrected chi connectivity index (χ4v) is 3.53. The number of benzene rings is 2. The number of carbonyl (C=O) groups is 1. The van der Waals surface area contributed by atoms with Crippen LogP contribution in [0.15, 0.2) is 53.3 Å². The van der Waals surface area contributed by atoms with Crippen molar-refractivity contribution >= 4 is 16.8 Å². The van der Waals surface area contributed by atoms with Gasteiger partial charge in [-0.1, -0.05) is 36.4 Å². The summed E-state index contributed by atoms with van der Waals surface area (Å²) in [7, 11) is 0. The van der Waals surface area contributed by atoms with Crippen molar-refractivity contribution in [2.24, 2.45) is 0 Å². The Kier molecular flexibility index (Phi) is 4.52. The van der Waals surface area contributed by atoms with Gasteiger partial charge in [0.15, 0.2) is 0 Å². The van der Waals surface area contributed by atoms with Crippen LogP contribution in [0.2, 0.25) is 0 Å². The second kappa shape index (κ2) is 7.12. The van der Waals surface area contributed by atoms with E-state index in [0.717, 1.165) is 13.0 Å². The van der Waals surface area contributed by atoms with Gasteiger partial charge in [-0.15, -0.1) is 0 Å². The molecule has 1 aliphatic rings. The maximum atomic E-state index is 12.5. The van der Waals surface area contributed by atoms with Crippen molar-refractivity contribution in [3.05, 3.63) is 75.8 Å². The molecule has 5 nitrogen and oxygen atoms in total. The molecule has 0 unspecified atom stereocenters. The number of hydrogen-bond donors (Lipinski definition) is 1. The van der Waals surface area contributed by atoms with Crippen LogP contribution in [0.25, 0.3) is 10.9 Å². The Morgan fingerprint density at radius 1 is 1.08 bits per heavy atom. The topological polar surface area (TPSA) is 66.1 Å². The number of aromatic amines is 1. The van der Waals surface area contributed by atoms with Gasteiger partial charge in [0.25, 0.3) is 5.56 Å². The molecule has 2 aromatic carbocycles. The van der Waals surface area contributed by atoms with Gasteiger partial charge < -0.3 is 9.88 Å².